The number of anilines is 1. The minimum absolute atomic E-state index is 0.00808. The monoisotopic (exact) mass is 560 g/mol. The fourth-order valence-corrected chi connectivity index (χ4v) is 5.91. The molecule has 0 saturated carbocycles. The van der Waals surface area contributed by atoms with E-state index in [1.165, 1.54) is 12.3 Å². The van der Waals surface area contributed by atoms with Gasteiger partial charge >= 0.3 is 0 Å². The first-order valence-corrected chi connectivity index (χ1v) is 14.9. The lowest BCUT2D eigenvalue weighted by Crippen LogP contribution is -2.35. The maximum Gasteiger partial charge on any atom is 0.264 e. The summed E-state index contributed by atoms with van der Waals surface area (Å²) in [5.41, 5.74) is 2.73. The number of para-hydroxylation sites is 1. The van der Waals surface area contributed by atoms with Gasteiger partial charge in [-0.3, -0.25) is 19.4 Å². The summed E-state index contributed by atoms with van der Waals surface area (Å²) < 4.78 is 34.6. The molecule has 9 heteroatoms. The number of rotatable bonds is 10. The molecule has 1 N–H and O–H groups in total. The number of hydrogen-bond acceptors (Lipinski definition) is 6. The van der Waals surface area contributed by atoms with Gasteiger partial charge < -0.3 is 9.64 Å². The third-order valence-corrected chi connectivity index (χ3v) is 8.09. The van der Waals surface area contributed by atoms with Crippen LogP contribution in [0.2, 0.25) is 0 Å². The number of sulfonamides is 1. The molecule has 1 saturated heterocycles. The molecule has 2 aliphatic rings. The Balaban J connectivity index is 1.38. The average Bonchev–Trinajstić information content (AvgIpc) is 3.19. The van der Waals surface area contributed by atoms with Crippen molar-refractivity contribution in [2.75, 3.05) is 37.5 Å². The summed E-state index contributed by atoms with van der Waals surface area (Å²) in [7, 11) is -3.93. The van der Waals surface area contributed by atoms with E-state index in [4.69, 9.17) is 4.74 Å². The lowest BCUT2D eigenvalue weighted by molar-refractivity contribution is 0.0761. The number of nitrogens with one attached hydrogen (secondary N) is 1. The maximum atomic E-state index is 13.3. The first-order chi connectivity index (χ1) is 19.3. The Hall–Kier alpha value is -3.95. The summed E-state index contributed by atoms with van der Waals surface area (Å²) in [4.78, 5) is 21.6. The number of aliphatic imine (C=N–C) groups is 1. The Kier molecular flexibility index (Phi) is 9.74. The van der Waals surface area contributed by atoms with E-state index in [2.05, 4.69) is 40.8 Å². The van der Waals surface area contributed by atoms with E-state index in [0.29, 0.717) is 36.5 Å². The highest BCUT2D eigenvalue weighted by Gasteiger charge is 2.26. The van der Waals surface area contributed by atoms with Gasteiger partial charge in [0.1, 0.15) is 10.7 Å². The molecule has 0 aromatic heterocycles. The Morgan fingerprint density at radius 3 is 2.62 bits per heavy atom. The van der Waals surface area contributed by atoms with Gasteiger partial charge in [-0.1, -0.05) is 50.4 Å². The van der Waals surface area contributed by atoms with E-state index in [1.807, 2.05) is 23.1 Å². The number of carbonyl (C=O) groups excluding carboxylic acids is 1. The van der Waals surface area contributed by atoms with Crippen LogP contribution in [0, 0.1) is 0 Å². The van der Waals surface area contributed by atoms with Gasteiger partial charge in [0.2, 0.25) is 0 Å². The summed E-state index contributed by atoms with van der Waals surface area (Å²) in [6, 6.07) is 14.6. The molecule has 4 rings (SSSR count). The summed E-state index contributed by atoms with van der Waals surface area (Å²) in [6.07, 6.45) is 7.88. The molecule has 0 bridgehead atoms. The quantitative estimate of drug-likeness (QED) is 0.434. The Bertz CT molecular complexity index is 1440. The number of ether oxygens (including phenoxy) is 1. The fraction of sp³-hybridized carbons (Fsp3) is 0.290. The highest BCUT2D eigenvalue weighted by molar-refractivity contribution is 7.97. The zero-order chi connectivity index (χ0) is 28.5. The van der Waals surface area contributed by atoms with E-state index in [1.54, 1.807) is 36.4 Å². The number of nitrogens with zero attached hydrogens (tertiary/aromatic N) is 3. The second kappa shape index (κ2) is 13.4. The Labute approximate surface area is 237 Å². The molecule has 210 valence electrons. The lowest BCUT2D eigenvalue weighted by atomic mass is 10.1. The third-order valence-electron chi connectivity index (χ3n) is 6.68. The number of amides is 1. The maximum absolute atomic E-state index is 13.3. The number of allylic oxidation sites excluding steroid dienone is 5. The average molecular weight is 561 g/mol. The van der Waals surface area contributed by atoms with Crippen molar-refractivity contribution in [2.24, 2.45) is 4.99 Å². The molecule has 8 nitrogen and oxygen atoms in total. The summed E-state index contributed by atoms with van der Waals surface area (Å²) in [5.74, 6) is 0.849. The van der Waals surface area contributed by atoms with Gasteiger partial charge in [-0.15, -0.1) is 0 Å². The molecule has 2 aromatic carbocycles. The molecule has 0 unspecified atom stereocenters. The topological polar surface area (TPSA) is 91.3 Å². The molecule has 0 spiro atoms. The van der Waals surface area contributed by atoms with Crippen LogP contribution in [0.1, 0.15) is 35.7 Å². The molecule has 0 atom stereocenters. The van der Waals surface area contributed by atoms with Crippen LogP contribution in [-0.2, 0) is 16.6 Å². The van der Waals surface area contributed by atoms with Crippen molar-refractivity contribution in [3.8, 4) is 5.75 Å². The van der Waals surface area contributed by atoms with E-state index in [9.17, 15) is 13.2 Å². The van der Waals surface area contributed by atoms with Crippen molar-refractivity contribution in [3.05, 3.63) is 108 Å². The molecule has 1 fully saturated rings. The minimum atomic E-state index is -3.93. The van der Waals surface area contributed by atoms with Gasteiger partial charge in [0.25, 0.3) is 15.9 Å². The molecule has 1 amide bonds. The van der Waals surface area contributed by atoms with Crippen molar-refractivity contribution >= 4 is 27.3 Å². The van der Waals surface area contributed by atoms with E-state index >= 15 is 0 Å². The summed E-state index contributed by atoms with van der Waals surface area (Å²) in [6.45, 7) is 13.9. The van der Waals surface area contributed by atoms with Crippen LogP contribution in [-0.4, -0.2) is 62.6 Å². The first-order valence-electron chi connectivity index (χ1n) is 13.4. The van der Waals surface area contributed by atoms with Crippen LogP contribution in [0.15, 0.2) is 102 Å². The van der Waals surface area contributed by atoms with Gasteiger partial charge in [-0.2, -0.15) is 0 Å². The fourth-order valence-electron chi connectivity index (χ4n) is 4.66. The van der Waals surface area contributed by atoms with Crippen LogP contribution in [0.4, 0.5) is 5.69 Å². The van der Waals surface area contributed by atoms with E-state index < -0.39 is 10.0 Å². The standard InChI is InChI=1S/C31H36N4O4S/c1-4-22-39-28-12-7-6-11-26(28)23-34-18-9-19-35(21-20-34)31(36)25-14-16-27(17-15-25)33-40(37,38)29-13-8-10-24(3)30(29)32-5-2/h5-8,10-17,33H,2-4,9,18-23H2,1H3. The number of benzene rings is 2. The second-order valence-electron chi connectivity index (χ2n) is 9.64. The minimum Gasteiger partial charge on any atom is -0.493 e. The summed E-state index contributed by atoms with van der Waals surface area (Å²) in [5, 5.41) is 0. The zero-order valence-corrected chi connectivity index (χ0v) is 23.7. The van der Waals surface area contributed by atoms with Crippen LogP contribution in [0.5, 0.6) is 5.75 Å². The molecular formula is C31H36N4O4S. The smallest absolute Gasteiger partial charge is 0.264 e. The predicted octanol–water partition coefficient (Wildman–Crippen LogP) is 5.16. The largest absolute Gasteiger partial charge is 0.493 e. The second-order valence-corrected chi connectivity index (χ2v) is 11.3. The zero-order valence-electron chi connectivity index (χ0n) is 22.9. The van der Waals surface area contributed by atoms with E-state index in [-0.39, 0.29) is 16.5 Å². The van der Waals surface area contributed by atoms with Gasteiger partial charge in [0.15, 0.2) is 0 Å². The van der Waals surface area contributed by atoms with Crippen molar-refractivity contribution in [1.82, 2.24) is 9.80 Å². The highest BCUT2D eigenvalue weighted by Crippen LogP contribution is 2.24. The van der Waals surface area contributed by atoms with Crippen LogP contribution in [0.3, 0.4) is 0 Å². The Morgan fingerprint density at radius 2 is 1.88 bits per heavy atom. The molecule has 1 aliphatic carbocycles. The summed E-state index contributed by atoms with van der Waals surface area (Å²) >= 11 is 0. The third kappa shape index (κ3) is 7.16. The van der Waals surface area contributed by atoms with Crippen LogP contribution < -0.4 is 9.46 Å². The molecule has 0 radical (unpaired) electrons. The highest BCUT2D eigenvalue weighted by atomic mass is 32.2. The number of carbonyl (C=O) groups is 1. The van der Waals surface area contributed by atoms with Gasteiger partial charge in [-0.25, -0.2) is 8.42 Å². The molecular weight excluding hydrogens is 524 g/mol. The molecule has 2 aromatic rings. The first kappa shape index (κ1) is 29.0. The lowest BCUT2D eigenvalue weighted by Gasteiger charge is -2.23. The van der Waals surface area contributed by atoms with Gasteiger partial charge in [-0.05, 0) is 54.8 Å². The Morgan fingerprint density at radius 1 is 1.10 bits per heavy atom. The normalized spacial score (nSPS) is 17.3. The van der Waals surface area contributed by atoms with Crippen LogP contribution in [0.25, 0.3) is 0 Å². The predicted molar refractivity (Wildman–Crippen MR) is 161 cm³/mol. The van der Waals surface area contributed by atoms with Gasteiger partial charge in [0, 0.05) is 55.7 Å². The van der Waals surface area contributed by atoms with Gasteiger partial charge in [0.05, 0.1) is 12.3 Å². The molecule has 1 aliphatic heterocycles. The van der Waals surface area contributed by atoms with Crippen molar-refractivity contribution in [2.45, 2.75) is 26.3 Å². The van der Waals surface area contributed by atoms with Crippen molar-refractivity contribution in [3.63, 3.8) is 0 Å². The molecule has 1 heterocycles. The SMILES string of the molecule is C=CN=C1C(=C)C=CC=C1S(=O)(=O)Nc1ccc(C(=O)N2CCCN(Cc3ccccc3OCCC)CC2)cc1. The van der Waals surface area contributed by atoms with Crippen molar-refractivity contribution in [1.29, 1.82) is 0 Å². The number of hydrogen-bond donors (Lipinski definition) is 1. The van der Waals surface area contributed by atoms with Crippen molar-refractivity contribution < 1.29 is 17.9 Å². The molecule has 40 heavy (non-hydrogen) atoms. The van der Waals surface area contributed by atoms with Crippen LogP contribution >= 0.6 is 0 Å². The van der Waals surface area contributed by atoms with E-state index in [0.717, 1.165) is 43.8 Å².